The molecule has 9 nitrogen and oxygen atoms in total. The maximum Gasteiger partial charge on any atom is 0.255 e. The molecule has 3 aliphatic carbocycles. The molecule has 0 aliphatic heterocycles. The van der Waals surface area contributed by atoms with Gasteiger partial charge in [0.05, 0.1) is 11.6 Å². The number of carbonyl (C=O) groups excluding carboxylic acids is 3. The van der Waals surface area contributed by atoms with Crippen LogP contribution >= 0.6 is 0 Å². The number of amides is 1. The van der Waals surface area contributed by atoms with Gasteiger partial charge in [0.2, 0.25) is 5.78 Å². The van der Waals surface area contributed by atoms with E-state index in [9.17, 15) is 34.8 Å². The Morgan fingerprint density at radius 2 is 1.85 bits per heavy atom. The molecule has 3 aliphatic rings. The smallest absolute Gasteiger partial charge is 0.255 e. The lowest BCUT2D eigenvalue weighted by atomic mass is 9.57. The first-order chi connectivity index (χ1) is 15.3. The SMILES string of the molecule is C=C(C)c1ccc(O)c2c1C[C@H]1C[C@H]3[C@H](N(C)C)C(=O)C(C(N)=O)=C(O)[C@@]3(O)C(=O)C1=C2O. The van der Waals surface area contributed by atoms with E-state index in [0.717, 1.165) is 0 Å². The van der Waals surface area contributed by atoms with Gasteiger partial charge in [-0.2, -0.15) is 0 Å². The van der Waals surface area contributed by atoms with Gasteiger partial charge in [-0.25, -0.2) is 0 Å². The van der Waals surface area contributed by atoms with Crippen molar-refractivity contribution in [3.8, 4) is 5.75 Å². The van der Waals surface area contributed by atoms with Crippen molar-refractivity contribution in [1.82, 2.24) is 4.90 Å². The van der Waals surface area contributed by atoms with Crippen molar-refractivity contribution in [3.63, 3.8) is 0 Å². The number of aliphatic hydroxyl groups is 3. The molecule has 1 aromatic rings. The lowest BCUT2D eigenvalue weighted by Gasteiger charge is -2.50. The summed E-state index contributed by atoms with van der Waals surface area (Å²) in [5.74, 6) is -6.62. The number of aliphatic hydroxyl groups excluding tert-OH is 2. The Morgan fingerprint density at radius 1 is 1.21 bits per heavy atom. The summed E-state index contributed by atoms with van der Waals surface area (Å²) in [4.78, 5) is 40.2. The van der Waals surface area contributed by atoms with Crippen molar-refractivity contribution in [2.24, 2.45) is 17.6 Å². The highest BCUT2D eigenvalue weighted by Crippen LogP contribution is 2.53. The number of nitrogens with zero attached hydrogens (tertiary/aromatic N) is 1. The van der Waals surface area contributed by atoms with Gasteiger partial charge in [0.1, 0.15) is 22.8 Å². The molecular weight excluding hydrogens is 428 g/mol. The summed E-state index contributed by atoms with van der Waals surface area (Å²) in [6.45, 7) is 5.72. The van der Waals surface area contributed by atoms with Crippen LogP contribution in [0.2, 0.25) is 0 Å². The molecule has 0 aromatic heterocycles. The first-order valence-electron chi connectivity index (χ1n) is 10.5. The third-order valence-electron chi connectivity index (χ3n) is 7.06. The molecule has 174 valence electrons. The van der Waals surface area contributed by atoms with Crippen LogP contribution in [0.4, 0.5) is 0 Å². The summed E-state index contributed by atoms with van der Waals surface area (Å²) in [7, 11) is 3.12. The minimum absolute atomic E-state index is 0.0526. The fraction of sp³-hybridized carbons (Fsp3) is 0.375. The third-order valence-corrected chi connectivity index (χ3v) is 7.06. The van der Waals surface area contributed by atoms with Crippen molar-refractivity contribution in [3.05, 3.63) is 52.3 Å². The highest BCUT2D eigenvalue weighted by Gasteiger charge is 2.64. The lowest BCUT2D eigenvalue weighted by Crippen LogP contribution is -2.65. The van der Waals surface area contributed by atoms with Crippen LogP contribution in [0.15, 0.2) is 35.6 Å². The summed E-state index contributed by atoms with van der Waals surface area (Å²) in [6, 6.07) is 1.96. The Morgan fingerprint density at radius 3 is 2.39 bits per heavy atom. The molecule has 6 N–H and O–H groups in total. The maximum atomic E-state index is 13.7. The van der Waals surface area contributed by atoms with Crippen LogP contribution in [0.5, 0.6) is 5.75 Å². The van der Waals surface area contributed by atoms with E-state index in [2.05, 4.69) is 6.58 Å². The number of likely N-dealkylation sites (N-methyl/N-ethyl adjacent to an activating group) is 1. The van der Waals surface area contributed by atoms with Crippen molar-refractivity contribution >= 4 is 28.8 Å². The Labute approximate surface area is 190 Å². The number of benzene rings is 1. The van der Waals surface area contributed by atoms with Crippen LogP contribution in [0.1, 0.15) is 30.0 Å². The van der Waals surface area contributed by atoms with Crippen molar-refractivity contribution < 1.29 is 34.8 Å². The molecule has 9 heteroatoms. The number of primary amides is 1. The van der Waals surface area contributed by atoms with Gasteiger partial charge >= 0.3 is 0 Å². The van der Waals surface area contributed by atoms with Crippen LogP contribution < -0.4 is 5.73 Å². The number of carbonyl (C=O) groups is 3. The number of hydrogen-bond donors (Lipinski definition) is 5. The van der Waals surface area contributed by atoms with E-state index in [0.29, 0.717) is 16.7 Å². The van der Waals surface area contributed by atoms with E-state index in [1.54, 1.807) is 27.1 Å². The fourth-order valence-electron chi connectivity index (χ4n) is 5.64. The minimum Gasteiger partial charge on any atom is -0.508 e. The third kappa shape index (κ3) is 2.89. The number of hydrogen-bond acceptors (Lipinski definition) is 8. The Kier molecular flexibility index (Phi) is 5.03. The van der Waals surface area contributed by atoms with E-state index in [4.69, 9.17) is 5.73 Å². The first-order valence-corrected chi connectivity index (χ1v) is 10.5. The van der Waals surface area contributed by atoms with Crippen LogP contribution in [0.3, 0.4) is 0 Å². The van der Waals surface area contributed by atoms with Gasteiger partial charge in [0, 0.05) is 11.5 Å². The lowest BCUT2D eigenvalue weighted by molar-refractivity contribution is -0.153. The molecular formula is C24H26N2O7. The Balaban J connectivity index is 2.00. The number of aromatic hydroxyl groups is 1. The number of allylic oxidation sites excluding steroid dienone is 1. The second-order valence-electron chi connectivity index (χ2n) is 9.23. The summed E-state index contributed by atoms with van der Waals surface area (Å²) < 4.78 is 0. The summed E-state index contributed by atoms with van der Waals surface area (Å²) in [6.07, 6.45) is 0.294. The number of rotatable bonds is 3. The number of phenolic OH excluding ortho intramolecular Hbond substituents is 1. The zero-order valence-corrected chi connectivity index (χ0v) is 18.5. The van der Waals surface area contributed by atoms with Gasteiger partial charge in [-0.3, -0.25) is 19.3 Å². The van der Waals surface area contributed by atoms with E-state index < -0.39 is 58.0 Å². The van der Waals surface area contributed by atoms with Crippen LogP contribution in [-0.2, 0) is 20.8 Å². The molecule has 0 heterocycles. The molecule has 1 saturated carbocycles. The molecule has 1 amide bonds. The molecule has 4 rings (SSSR count). The topological polar surface area (TPSA) is 161 Å². The van der Waals surface area contributed by atoms with Crippen LogP contribution in [0.25, 0.3) is 11.3 Å². The van der Waals surface area contributed by atoms with Gasteiger partial charge in [-0.05, 0) is 57.0 Å². The first kappa shape index (κ1) is 22.8. The van der Waals surface area contributed by atoms with Crippen molar-refractivity contribution in [2.75, 3.05) is 14.1 Å². The number of Topliss-reactive ketones (excluding diaryl/α,β-unsaturated/α-hetero) is 2. The molecule has 33 heavy (non-hydrogen) atoms. The molecule has 1 aromatic carbocycles. The van der Waals surface area contributed by atoms with Gasteiger partial charge < -0.3 is 26.2 Å². The molecule has 1 fully saturated rings. The monoisotopic (exact) mass is 454 g/mol. The van der Waals surface area contributed by atoms with E-state index in [-0.39, 0.29) is 29.7 Å². The van der Waals surface area contributed by atoms with Crippen molar-refractivity contribution in [1.29, 1.82) is 0 Å². The normalized spacial score (nSPS) is 29.1. The highest BCUT2D eigenvalue weighted by atomic mass is 16.3. The second-order valence-corrected chi connectivity index (χ2v) is 9.23. The summed E-state index contributed by atoms with van der Waals surface area (Å²) in [5.41, 5.74) is 3.75. The molecule has 0 bridgehead atoms. The maximum absolute atomic E-state index is 13.7. The number of phenols is 1. The average molecular weight is 454 g/mol. The van der Waals surface area contributed by atoms with Gasteiger partial charge in [0.15, 0.2) is 11.4 Å². The molecule has 0 unspecified atom stereocenters. The quantitative estimate of drug-likeness (QED) is 0.423. The van der Waals surface area contributed by atoms with Gasteiger partial charge in [0.25, 0.3) is 5.91 Å². The Hall–Kier alpha value is -3.43. The largest absolute Gasteiger partial charge is 0.508 e. The average Bonchev–Trinajstić information content (AvgIpc) is 2.70. The van der Waals surface area contributed by atoms with E-state index in [1.807, 2.05) is 0 Å². The van der Waals surface area contributed by atoms with E-state index in [1.165, 1.54) is 11.0 Å². The zero-order chi connectivity index (χ0) is 24.6. The zero-order valence-electron chi connectivity index (χ0n) is 18.5. The van der Waals surface area contributed by atoms with Crippen LogP contribution in [-0.4, -0.2) is 68.5 Å². The highest BCUT2D eigenvalue weighted by molar-refractivity contribution is 6.24. The van der Waals surface area contributed by atoms with Gasteiger partial charge in [-0.15, -0.1) is 0 Å². The molecule has 0 spiro atoms. The van der Waals surface area contributed by atoms with Gasteiger partial charge in [-0.1, -0.05) is 18.2 Å². The van der Waals surface area contributed by atoms with E-state index >= 15 is 0 Å². The number of fused-ring (bicyclic) bond motifs is 3. The minimum atomic E-state index is -2.63. The fourth-order valence-corrected chi connectivity index (χ4v) is 5.64. The molecule has 0 radical (unpaired) electrons. The number of nitrogens with two attached hydrogens (primary N) is 1. The second kappa shape index (κ2) is 7.29. The molecule has 4 atom stereocenters. The standard InChI is InChI=1S/C24H26N2O7/c1-9(2)11-5-6-14(27)16-12(11)7-10-8-13-18(26(3)4)20(29)17(23(25)32)22(31)24(13,33)21(30)15(10)19(16)28/h5-6,10,13,18,27-28,31,33H,1,7-8H2,2-4H3,(H2,25,32)/t10-,13-,18-,24-/m0/s1. The predicted molar refractivity (Wildman–Crippen MR) is 119 cm³/mol. The number of ketones is 2. The predicted octanol–water partition coefficient (Wildman–Crippen LogP) is 0.997. The van der Waals surface area contributed by atoms with Crippen molar-refractivity contribution in [2.45, 2.75) is 31.4 Å². The van der Waals surface area contributed by atoms with Crippen LogP contribution in [0, 0.1) is 11.8 Å². The summed E-state index contributed by atoms with van der Waals surface area (Å²) in [5, 5.41) is 43.9. The molecule has 0 saturated heterocycles. The Bertz CT molecular complexity index is 1210. The summed E-state index contributed by atoms with van der Waals surface area (Å²) >= 11 is 0.